The van der Waals surface area contributed by atoms with Crippen molar-refractivity contribution in [1.29, 1.82) is 0 Å². The molecule has 176 valence electrons. The van der Waals surface area contributed by atoms with Crippen LogP contribution in [0.1, 0.15) is 43.6 Å². The molecule has 0 radical (unpaired) electrons. The minimum Gasteiger partial charge on any atom is -0.325 e. The summed E-state index contributed by atoms with van der Waals surface area (Å²) in [6, 6.07) is 11.6. The number of aromatic nitrogens is 3. The Morgan fingerprint density at radius 2 is 1.94 bits per heavy atom. The van der Waals surface area contributed by atoms with E-state index in [9.17, 15) is 4.79 Å². The lowest BCUT2D eigenvalue weighted by molar-refractivity contribution is -0.113. The zero-order chi connectivity index (χ0) is 24.0. The van der Waals surface area contributed by atoms with Crippen LogP contribution in [0.5, 0.6) is 0 Å². The molecule has 3 aromatic rings. The molecule has 10 heteroatoms. The van der Waals surface area contributed by atoms with Crippen LogP contribution >= 0.6 is 69.3 Å². The fourth-order valence-corrected chi connectivity index (χ4v) is 6.04. The predicted octanol–water partition coefficient (Wildman–Crippen LogP) is 7.50. The van der Waals surface area contributed by atoms with Crippen molar-refractivity contribution in [2.75, 3.05) is 11.1 Å². The number of carbonyl (C=O) groups is 1. The third-order valence-electron chi connectivity index (χ3n) is 4.86. The molecule has 0 saturated heterocycles. The molecule has 0 aliphatic rings. The van der Waals surface area contributed by atoms with Crippen molar-refractivity contribution in [1.82, 2.24) is 14.8 Å². The Morgan fingerprint density at radius 3 is 2.64 bits per heavy atom. The number of carbonyl (C=O) groups excluding carboxylic acids is 1. The SMILES string of the molecule is CCn1c(CSCc2ccc(Cl)cc2Cl)nnc1SCC(=O)Nc1ccc(I)cc1C(C)C. The molecule has 0 spiro atoms. The van der Waals surface area contributed by atoms with Gasteiger partial charge in [-0.1, -0.05) is 54.9 Å². The van der Waals surface area contributed by atoms with Gasteiger partial charge in [-0.2, -0.15) is 0 Å². The van der Waals surface area contributed by atoms with Gasteiger partial charge in [0, 0.05) is 31.6 Å². The van der Waals surface area contributed by atoms with E-state index >= 15 is 0 Å². The first-order valence-electron chi connectivity index (χ1n) is 10.4. The molecule has 0 aliphatic carbocycles. The van der Waals surface area contributed by atoms with E-state index in [4.69, 9.17) is 23.2 Å². The van der Waals surface area contributed by atoms with Crippen LogP contribution in [-0.2, 0) is 22.8 Å². The Kier molecular flexibility index (Phi) is 10.2. The van der Waals surface area contributed by atoms with E-state index in [0.29, 0.717) is 21.7 Å². The molecule has 33 heavy (non-hydrogen) atoms. The number of nitrogens with one attached hydrogen (secondary N) is 1. The number of nitrogens with zero attached hydrogens (tertiary/aromatic N) is 3. The van der Waals surface area contributed by atoms with E-state index in [1.807, 2.05) is 24.3 Å². The molecule has 3 rings (SSSR count). The fraction of sp³-hybridized carbons (Fsp3) is 0.348. The molecule has 0 atom stereocenters. The van der Waals surface area contributed by atoms with Crippen LogP contribution < -0.4 is 5.32 Å². The predicted molar refractivity (Wildman–Crippen MR) is 150 cm³/mol. The van der Waals surface area contributed by atoms with Gasteiger partial charge in [-0.25, -0.2) is 0 Å². The lowest BCUT2D eigenvalue weighted by Gasteiger charge is -2.14. The van der Waals surface area contributed by atoms with E-state index in [2.05, 4.69) is 69.5 Å². The van der Waals surface area contributed by atoms with Crippen LogP contribution in [0.2, 0.25) is 10.0 Å². The maximum Gasteiger partial charge on any atom is 0.234 e. The third kappa shape index (κ3) is 7.52. The highest BCUT2D eigenvalue weighted by Gasteiger charge is 2.15. The normalized spacial score (nSPS) is 11.2. The molecule has 5 nitrogen and oxygen atoms in total. The minimum atomic E-state index is -0.0536. The highest BCUT2D eigenvalue weighted by molar-refractivity contribution is 14.1. The molecule has 1 amide bonds. The molecule has 0 aliphatic heterocycles. The van der Waals surface area contributed by atoms with Crippen molar-refractivity contribution in [3.63, 3.8) is 0 Å². The molecule has 0 saturated carbocycles. The van der Waals surface area contributed by atoms with Gasteiger partial charge in [0.05, 0.1) is 11.5 Å². The van der Waals surface area contributed by atoms with Crippen LogP contribution in [0.25, 0.3) is 0 Å². The van der Waals surface area contributed by atoms with Crippen molar-refractivity contribution in [2.24, 2.45) is 0 Å². The average Bonchev–Trinajstić information content (AvgIpc) is 3.16. The van der Waals surface area contributed by atoms with Gasteiger partial charge in [0.2, 0.25) is 5.91 Å². The Bertz CT molecular complexity index is 1120. The summed E-state index contributed by atoms with van der Waals surface area (Å²) in [5.41, 5.74) is 3.04. The van der Waals surface area contributed by atoms with E-state index in [-0.39, 0.29) is 11.7 Å². The maximum atomic E-state index is 12.6. The molecule has 1 N–H and O–H groups in total. The van der Waals surface area contributed by atoms with E-state index < -0.39 is 0 Å². The third-order valence-corrected chi connectivity index (χ3v) is 8.06. The molecular formula is C23H25Cl2IN4OS2. The summed E-state index contributed by atoms with van der Waals surface area (Å²) in [5.74, 6) is 2.89. The number of amides is 1. The zero-order valence-electron chi connectivity index (χ0n) is 18.6. The highest BCUT2D eigenvalue weighted by Crippen LogP contribution is 2.28. The van der Waals surface area contributed by atoms with Crippen LogP contribution in [0.3, 0.4) is 0 Å². The standard InChI is InChI=1S/C23H25Cl2IN4OS2/c1-4-30-21(12-32-11-15-5-6-16(24)9-19(15)25)28-29-23(30)33-13-22(31)27-20-8-7-17(26)10-18(20)14(2)3/h5-10,14H,4,11-13H2,1-3H3,(H,27,31). The lowest BCUT2D eigenvalue weighted by Crippen LogP contribution is -2.16. The summed E-state index contributed by atoms with van der Waals surface area (Å²) in [4.78, 5) is 12.6. The first-order valence-corrected chi connectivity index (χ1v) is 14.4. The number of rotatable bonds is 10. The van der Waals surface area contributed by atoms with Gasteiger partial charge in [0.1, 0.15) is 5.82 Å². The number of hydrogen-bond donors (Lipinski definition) is 1. The second-order valence-corrected chi connectivity index (χ2v) is 11.6. The molecule has 2 aromatic carbocycles. The number of halogens is 3. The first kappa shape index (κ1) is 26.7. The summed E-state index contributed by atoms with van der Waals surface area (Å²) in [6.07, 6.45) is 0. The van der Waals surface area contributed by atoms with Gasteiger partial charge < -0.3 is 9.88 Å². The van der Waals surface area contributed by atoms with Crippen LogP contribution in [0.4, 0.5) is 5.69 Å². The molecule has 0 unspecified atom stereocenters. The number of thioether (sulfide) groups is 2. The van der Waals surface area contributed by atoms with Crippen molar-refractivity contribution in [2.45, 2.75) is 49.9 Å². The number of anilines is 1. The monoisotopic (exact) mass is 634 g/mol. The lowest BCUT2D eigenvalue weighted by atomic mass is 10.0. The van der Waals surface area contributed by atoms with Gasteiger partial charge in [-0.3, -0.25) is 4.79 Å². The Morgan fingerprint density at radius 1 is 1.15 bits per heavy atom. The molecule has 1 aromatic heterocycles. The smallest absolute Gasteiger partial charge is 0.234 e. The Balaban J connectivity index is 1.57. The van der Waals surface area contributed by atoms with Crippen LogP contribution in [0, 0.1) is 3.57 Å². The van der Waals surface area contributed by atoms with Crippen molar-refractivity contribution >= 4 is 80.9 Å². The molecular weight excluding hydrogens is 610 g/mol. The second kappa shape index (κ2) is 12.7. The quantitative estimate of drug-likeness (QED) is 0.185. The molecule has 0 bridgehead atoms. The Hall–Kier alpha value is -0.940. The largest absolute Gasteiger partial charge is 0.325 e. The number of benzene rings is 2. The second-order valence-electron chi connectivity index (χ2n) is 7.59. The van der Waals surface area contributed by atoms with Gasteiger partial charge in [-0.15, -0.1) is 22.0 Å². The molecule has 0 fully saturated rings. The zero-order valence-corrected chi connectivity index (χ0v) is 23.9. The summed E-state index contributed by atoms with van der Waals surface area (Å²) in [6.45, 7) is 7.04. The van der Waals surface area contributed by atoms with Gasteiger partial charge in [0.15, 0.2) is 5.16 Å². The average molecular weight is 635 g/mol. The van der Waals surface area contributed by atoms with Gasteiger partial charge in [0.25, 0.3) is 0 Å². The highest BCUT2D eigenvalue weighted by atomic mass is 127. The van der Waals surface area contributed by atoms with Gasteiger partial charge >= 0.3 is 0 Å². The topological polar surface area (TPSA) is 59.8 Å². The Labute approximate surface area is 226 Å². The number of hydrogen-bond acceptors (Lipinski definition) is 5. The maximum absolute atomic E-state index is 12.6. The van der Waals surface area contributed by atoms with Crippen molar-refractivity contribution in [3.8, 4) is 0 Å². The summed E-state index contributed by atoms with van der Waals surface area (Å²) in [7, 11) is 0. The fourth-order valence-electron chi connectivity index (χ4n) is 3.18. The summed E-state index contributed by atoms with van der Waals surface area (Å²) < 4.78 is 3.21. The molecule has 1 heterocycles. The summed E-state index contributed by atoms with van der Waals surface area (Å²) >= 11 is 17.6. The van der Waals surface area contributed by atoms with E-state index in [1.165, 1.54) is 11.8 Å². The van der Waals surface area contributed by atoms with E-state index in [0.717, 1.165) is 43.7 Å². The van der Waals surface area contributed by atoms with Crippen molar-refractivity contribution < 1.29 is 4.79 Å². The minimum absolute atomic E-state index is 0.0536. The summed E-state index contributed by atoms with van der Waals surface area (Å²) in [5, 5.41) is 13.8. The first-order chi connectivity index (χ1) is 15.8. The van der Waals surface area contributed by atoms with E-state index in [1.54, 1.807) is 17.8 Å². The van der Waals surface area contributed by atoms with Crippen LogP contribution in [0.15, 0.2) is 41.6 Å². The van der Waals surface area contributed by atoms with Gasteiger partial charge in [-0.05, 0) is 76.9 Å². The van der Waals surface area contributed by atoms with Crippen LogP contribution in [-0.4, -0.2) is 26.4 Å². The van der Waals surface area contributed by atoms with Crippen molar-refractivity contribution in [3.05, 3.63) is 67.0 Å².